The number of nitrogens with zero attached hydrogens (tertiary/aromatic N) is 2. The summed E-state index contributed by atoms with van der Waals surface area (Å²) >= 11 is 0. The first-order valence-electron chi connectivity index (χ1n) is 5.36. The van der Waals surface area contributed by atoms with Crippen molar-refractivity contribution in [1.29, 1.82) is 0 Å². The largest absolute Gasteiger partial charge is 0.497 e. The molecule has 4 heteroatoms. The van der Waals surface area contributed by atoms with Gasteiger partial charge in [0, 0.05) is 12.6 Å². The van der Waals surface area contributed by atoms with E-state index in [1.807, 2.05) is 24.3 Å². The van der Waals surface area contributed by atoms with E-state index in [4.69, 9.17) is 9.84 Å². The van der Waals surface area contributed by atoms with Gasteiger partial charge < -0.3 is 9.84 Å². The first-order valence-corrected chi connectivity index (χ1v) is 5.36. The number of rotatable bonds is 4. The van der Waals surface area contributed by atoms with Gasteiger partial charge in [0.05, 0.1) is 19.4 Å². The average Bonchev–Trinajstić information content (AvgIpc) is 2.39. The van der Waals surface area contributed by atoms with Crippen LogP contribution in [-0.4, -0.2) is 22.2 Å². The molecule has 1 heterocycles. The first kappa shape index (κ1) is 11.5. The Hall–Kier alpha value is -1.94. The highest BCUT2D eigenvalue weighted by Gasteiger charge is 2.02. The SMILES string of the molecule is COc1cccc(Cc2nccc(CO)n2)c1. The number of aliphatic hydroxyl groups excluding tert-OH is 1. The van der Waals surface area contributed by atoms with E-state index in [9.17, 15) is 0 Å². The van der Waals surface area contributed by atoms with Gasteiger partial charge in [-0.1, -0.05) is 12.1 Å². The maximum atomic E-state index is 9.00. The predicted molar refractivity (Wildman–Crippen MR) is 63.8 cm³/mol. The van der Waals surface area contributed by atoms with Crippen molar-refractivity contribution >= 4 is 0 Å². The fraction of sp³-hybridized carbons (Fsp3) is 0.231. The van der Waals surface area contributed by atoms with E-state index < -0.39 is 0 Å². The van der Waals surface area contributed by atoms with E-state index in [0.29, 0.717) is 17.9 Å². The standard InChI is InChI=1S/C13H14N2O2/c1-17-12-4-2-3-10(7-12)8-13-14-6-5-11(9-16)15-13/h2-7,16H,8-9H2,1H3. The van der Waals surface area contributed by atoms with Gasteiger partial charge in [-0.25, -0.2) is 9.97 Å². The van der Waals surface area contributed by atoms with E-state index in [1.54, 1.807) is 19.4 Å². The Labute approximate surface area is 99.9 Å². The van der Waals surface area contributed by atoms with Crippen molar-refractivity contribution in [2.24, 2.45) is 0 Å². The van der Waals surface area contributed by atoms with E-state index in [0.717, 1.165) is 11.3 Å². The molecule has 0 bridgehead atoms. The van der Waals surface area contributed by atoms with Gasteiger partial charge in [0.2, 0.25) is 0 Å². The quantitative estimate of drug-likeness (QED) is 0.866. The molecule has 0 aliphatic carbocycles. The maximum Gasteiger partial charge on any atom is 0.133 e. The van der Waals surface area contributed by atoms with Crippen LogP contribution in [0.4, 0.5) is 0 Å². The van der Waals surface area contributed by atoms with Crippen LogP contribution in [0.15, 0.2) is 36.5 Å². The fourth-order valence-corrected chi connectivity index (χ4v) is 1.58. The van der Waals surface area contributed by atoms with E-state index >= 15 is 0 Å². The number of methoxy groups -OCH3 is 1. The lowest BCUT2D eigenvalue weighted by Gasteiger charge is -2.04. The van der Waals surface area contributed by atoms with Crippen LogP contribution in [0.25, 0.3) is 0 Å². The van der Waals surface area contributed by atoms with Gasteiger partial charge in [0.1, 0.15) is 11.6 Å². The third kappa shape index (κ3) is 3.01. The molecule has 4 nitrogen and oxygen atoms in total. The normalized spacial score (nSPS) is 10.2. The number of benzene rings is 1. The summed E-state index contributed by atoms with van der Waals surface area (Å²) in [7, 11) is 1.64. The average molecular weight is 230 g/mol. The molecule has 0 saturated heterocycles. The zero-order valence-electron chi connectivity index (χ0n) is 9.63. The smallest absolute Gasteiger partial charge is 0.133 e. The molecule has 1 aromatic carbocycles. The molecule has 88 valence electrons. The number of hydrogen-bond donors (Lipinski definition) is 1. The molecule has 0 atom stereocenters. The Kier molecular flexibility index (Phi) is 3.67. The predicted octanol–water partition coefficient (Wildman–Crippen LogP) is 1.57. The monoisotopic (exact) mass is 230 g/mol. The lowest BCUT2D eigenvalue weighted by molar-refractivity contribution is 0.276. The molecule has 1 aromatic heterocycles. The summed E-state index contributed by atoms with van der Waals surface area (Å²) in [6.07, 6.45) is 2.29. The number of ether oxygens (including phenoxy) is 1. The zero-order chi connectivity index (χ0) is 12.1. The van der Waals surface area contributed by atoms with Gasteiger partial charge in [-0.05, 0) is 23.8 Å². The highest BCUT2D eigenvalue weighted by atomic mass is 16.5. The molecule has 0 spiro atoms. The molecule has 0 unspecified atom stereocenters. The van der Waals surface area contributed by atoms with Gasteiger partial charge in [-0.2, -0.15) is 0 Å². The molecular formula is C13H14N2O2. The zero-order valence-corrected chi connectivity index (χ0v) is 9.63. The van der Waals surface area contributed by atoms with Gasteiger partial charge in [0.25, 0.3) is 0 Å². The van der Waals surface area contributed by atoms with Crippen LogP contribution in [0.5, 0.6) is 5.75 Å². The van der Waals surface area contributed by atoms with Gasteiger partial charge in [-0.3, -0.25) is 0 Å². The minimum atomic E-state index is -0.0619. The lowest BCUT2D eigenvalue weighted by Crippen LogP contribution is -2.00. The van der Waals surface area contributed by atoms with Crippen LogP contribution in [0.1, 0.15) is 17.1 Å². The van der Waals surface area contributed by atoms with Crippen molar-refractivity contribution in [3.8, 4) is 5.75 Å². The summed E-state index contributed by atoms with van der Waals surface area (Å²) in [6.45, 7) is -0.0619. The Morgan fingerprint density at radius 2 is 2.18 bits per heavy atom. The second kappa shape index (κ2) is 5.41. The summed E-state index contributed by atoms with van der Waals surface area (Å²) in [6, 6.07) is 9.49. The Balaban J connectivity index is 2.18. The van der Waals surface area contributed by atoms with Gasteiger partial charge in [0.15, 0.2) is 0 Å². The maximum absolute atomic E-state index is 9.00. The molecule has 0 radical (unpaired) electrons. The molecule has 0 aliphatic rings. The number of aliphatic hydroxyl groups is 1. The third-order valence-corrected chi connectivity index (χ3v) is 2.42. The topological polar surface area (TPSA) is 55.2 Å². The van der Waals surface area contributed by atoms with Crippen LogP contribution in [0.3, 0.4) is 0 Å². The van der Waals surface area contributed by atoms with E-state index in [-0.39, 0.29) is 6.61 Å². The molecule has 2 rings (SSSR count). The van der Waals surface area contributed by atoms with Crippen molar-refractivity contribution in [2.45, 2.75) is 13.0 Å². The first-order chi connectivity index (χ1) is 8.31. The van der Waals surface area contributed by atoms with Crippen LogP contribution < -0.4 is 4.74 Å². The summed E-state index contributed by atoms with van der Waals surface area (Å²) in [4.78, 5) is 8.42. The third-order valence-electron chi connectivity index (χ3n) is 2.42. The Morgan fingerprint density at radius 3 is 2.94 bits per heavy atom. The molecular weight excluding hydrogens is 216 g/mol. The molecule has 0 saturated carbocycles. The Morgan fingerprint density at radius 1 is 1.29 bits per heavy atom. The lowest BCUT2D eigenvalue weighted by atomic mass is 10.1. The van der Waals surface area contributed by atoms with Crippen molar-refractivity contribution in [1.82, 2.24) is 9.97 Å². The minimum absolute atomic E-state index is 0.0619. The highest BCUT2D eigenvalue weighted by Crippen LogP contribution is 2.14. The van der Waals surface area contributed by atoms with Crippen LogP contribution >= 0.6 is 0 Å². The minimum Gasteiger partial charge on any atom is -0.497 e. The van der Waals surface area contributed by atoms with Crippen molar-refractivity contribution in [3.63, 3.8) is 0 Å². The van der Waals surface area contributed by atoms with Crippen LogP contribution in [0.2, 0.25) is 0 Å². The summed E-state index contributed by atoms with van der Waals surface area (Å²) < 4.78 is 5.16. The Bertz CT molecular complexity index is 455. The van der Waals surface area contributed by atoms with Crippen LogP contribution in [-0.2, 0) is 13.0 Å². The van der Waals surface area contributed by atoms with Crippen molar-refractivity contribution in [3.05, 3.63) is 53.6 Å². The van der Waals surface area contributed by atoms with Gasteiger partial charge >= 0.3 is 0 Å². The van der Waals surface area contributed by atoms with Crippen molar-refractivity contribution < 1.29 is 9.84 Å². The number of aromatic nitrogens is 2. The molecule has 0 aliphatic heterocycles. The fourth-order valence-electron chi connectivity index (χ4n) is 1.58. The highest BCUT2D eigenvalue weighted by molar-refractivity contribution is 5.30. The molecule has 0 amide bonds. The van der Waals surface area contributed by atoms with E-state index in [2.05, 4.69) is 9.97 Å². The summed E-state index contributed by atoms with van der Waals surface area (Å²) in [5, 5.41) is 9.00. The van der Waals surface area contributed by atoms with E-state index in [1.165, 1.54) is 0 Å². The molecule has 17 heavy (non-hydrogen) atoms. The number of hydrogen-bond acceptors (Lipinski definition) is 4. The summed E-state index contributed by atoms with van der Waals surface area (Å²) in [5.41, 5.74) is 1.72. The van der Waals surface area contributed by atoms with Crippen LogP contribution in [0, 0.1) is 0 Å². The second-order valence-corrected chi connectivity index (χ2v) is 3.65. The molecule has 1 N–H and O–H groups in total. The molecule has 0 fully saturated rings. The van der Waals surface area contributed by atoms with Gasteiger partial charge in [-0.15, -0.1) is 0 Å². The second-order valence-electron chi connectivity index (χ2n) is 3.65. The molecule has 2 aromatic rings. The summed E-state index contributed by atoms with van der Waals surface area (Å²) in [5.74, 6) is 1.52. The van der Waals surface area contributed by atoms with Crippen molar-refractivity contribution in [2.75, 3.05) is 7.11 Å².